The minimum absolute atomic E-state index is 0.141. The van der Waals surface area contributed by atoms with Crippen molar-refractivity contribution in [1.82, 2.24) is 0 Å². The van der Waals surface area contributed by atoms with Gasteiger partial charge < -0.3 is 14.4 Å². The Labute approximate surface area is 65.2 Å². The number of ether oxygens (including phenoxy) is 2. The predicted molar refractivity (Wildman–Crippen MR) is 35.4 cm³/mol. The maximum absolute atomic E-state index is 10.4. The summed E-state index contributed by atoms with van der Waals surface area (Å²) < 4.78 is 18.7. The van der Waals surface area contributed by atoms with E-state index in [1.165, 1.54) is 0 Å². The van der Waals surface area contributed by atoms with Gasteiger partial charge >= 0.3 is 14.2 Å². The van der Waals surface area contributed by atoms with E-state index in [4.69, 9.17) is 0 Å². The Kier molecular flexibility index (Phi) is 5.70. The molecule has 6 heteroatoms. The smallest absolute Gasteiger partial charge is 0.508 e. The fourth-order valence-corrected chi connectivity index (χ4v) is 0.603. The molecule has 0 aromatic heterocycles. The van der Waals surface area contributed by atoms with Crippen LogP contribution in [0.3, 0.4) is 0 Å². The van der Waals surface area contributed by atoms with Crippen LogP contribution in [0.1, 0.15) is 6.92 Å². The Morgan fingerprint density at radius 1 is 1.55 bits per heavy atom. The van der Waals surface area contributed by atoms with E-state index >= 15 is 0 Å². The first-order valence-electron chi connectivity index (χ1n) is 3.08. The zero-order valence-corrected chi connectivity index (χ0v) is 7.00. The van der Waals surface area contributed by atoms with Crippen molar-refractivity contribution in [3.05, 3.63) is 0 Å². The van der Waals surface area contributed by atoms with E-state index in [9.17, 15) is 14.3 Å². The van der Waals surface area contributed by atoms with Crippen LogP contribution in [0, 0.1) is 0 Å². The Morgan fingerprint density at radius 2 is 2.18 bits per heavy atom. The summed E-state index contributed by atoms with van der Waals surface area (Å²) in [4.78, 5) is 20.3. The summed E-state index contributed by atoms with van der Waals surface area (Å²) in [7, 11) is -2.47. The lowest BCUT2D eigenvalue weighted by molar-refractivity contribution is -0.164. The largest absolute Gasteiger partial charge is 0.595 e. The predicted octanol–water partition coefficient (Wildman–Crippen LogP) is 0.262. The highest BCUT2D eigenvalue weighted by Gasteiger charge is 2.05. The van der Waals surface area contributed by atoms with Crippen molar-refractivity contribution in [2.75, 3.05) is 19.4 Å². The molecule has 1 unspecified atom stereocenters. The zero-order valence-electron chi connectivity index (χ0n) is 6.11. The molecule has 0 aromatic rings. The normalized spacial score (nSPS) is 10.5. The van der Waals surface area contributed by atoms with Gasteiger partial charge in [-0.25, -0.2) is 4.79 Å². The van der Waals surface area contributed by atoms with Crippen LogP contribution in [-0.2, 0) is 14.0 Å². The topological polar surface area (TPSA) is 75.7 Å². The summed E-state index contributed by atoms with van der Waals surface area (Å²) in [6, 6.07) is 0. The van der Waals surface area contributed by atoms with Gasteiger partial charge in [-0.05, 0) is 6.92 Å². The maximum Gasteiger partial charge on any atom is 0.508 e. The van der Waals surface area contributed by atoms with Crippen LogP contribution in [0.2, 0.25) is 0 Å². The van der Waals surface area contributed by atoms with Crippen molar-refractivity contribution in [3.63, 3.8) is 0 Å². The van der Waals surface area contributed by atoms with Gasteiger partial charge in [0.15, 0.2) is 6.16 Å². The number of rotatable bonds is 4. The van der Waals surface area contributed by atoms with Crippen molar-refractivity contribution < 1.29 is 23.7 Å². The monoisotopic (exact) mass is 180 g/mol. The summed E-state index contributed by atoms with van der Waals surface area (Å²) in [6.45, 7) is 1.72. The molecular weight excluding hydrogens is 171 g/mol. The standard InChI is InChI=1S/C5H9O5P/c1-2-9-5(6)10-3-4-11(7)8/h2-4H2,1H3. The van der Waals surface area contributed by atoms with E-state index in [1.807, 2.05) is 0 Å². The van der Waals surface area contributed by atoms with Crippen LogP contribution in [0.25, 0.3) is 0 Å². The second kappa shape index (κ2) is 6.07. The van der Waals surface area contributed by atoms with E-state index in [1.54, 1.807) is 6.92 Å². The van der Waals surface area contributed by atoms with Gasteiger partial charge in [0, 0.05) is 0 Å². The molecule has 0 fully saturated rings. The fraction of sp³-hybridized carbons (Fsp3) is 0.800. The van der Waals surface area contributed by atoms with Gasteiger partial charge in [0.1, 0.15) is 6.61 Å². The molecule has 5 nitrogen and oxygen atoms in total. The van der Waals surface area contributed by atoms with Gasteiger partial charge in [0.2, 0.25) is 0 Å². The zero-order chi connectivity index (χ0) is 8.69. The molecule has 0 heterocycles. The maximum atomic E-state index is 10.4. The minimum atomic E-state index is -2.47. The average molecular weight is 180 g/mol. The SMILES string of the molecule is CCOC(=O)OCC[P+](=O)[O-]. The third-order valence-corrected chi connectivity index (χ3v) is 1.30. The molecule has 0 saturated heterocycles. The van der Waals surface area contributed by atoms with Crippen molar-refractivity contribution in [1.29, 1.82) is 0 Å². The molecular formula is C5H9O5P. The molecule has 0 aliphatic heterocycles. The third kappa shape index (κ3) is 7.22. The Bertz CT molecular complexity index is 146. The van der Waals surface area contributed by atoms with Crippen molar-refractivity contribution in [3.8, 4) is 0 Å². The number of carbonyl (C=O) groups excluding carboxylic acids is 1. The molecule has 0 spiro atoms. The second-order valence-corrected chi connectivity index (χ2v) is 2.70. The van der Waals surface area contributed by atoms with Crippen LogP contribution in [0.4, 0.5) is 4.79 Å². The molecule has 0 bridgehead atoms. The molecule has 0 saturated carbocycles. The van der Waals surface area contributed by atoms with Crippen LogP contribution in [-0.4, -0.2) is 25.5 Å². The number of hydrogen-bond acceptors (Lipinski definition) is 5. The van der Waals surface area contributed by atoms with Gasteiger partial charge in [-0.2, -0.15) is 0 Å². The van der Waals surface area contributed by atoms with Gasteiger partial charge in [-0.1, -0.05) is 4.57 Å². The van der Waals surface area contributed by atoms with E-state index in [0.29, 0.717) is 0 Å². The van der Waals surface area contributed by atoms with Crippen LogP contribution in [0.5, 0.6) is 0 Å². The summed E-state index contributed by atoms with van der Waals surface area (Å²) in [6.07, 6.45) is -0.988. The lowest BCUT2D eigenvalue weighted by Crippen LogP contribution is -2.10. The van der Waals surface area contributed by atoms with Gasteiger partial charge in [-0.15, -0.1) is 0 Å². The van der Waals surface area contributed by atoms with Crippen molar-refractivity contribution in [2.45, 2.75) is 6.92 Å². The molecule has 0 N–H and O–H groups in total. The number of hydrogen-bond donors (Lipinski definition) is 0. The van der Waals surface area contributed by atoms with Crippen LogP contribution in [0.15, 0.2) is 0 Å². The van der Waals surface area contributed by atoms with E-state index < -0.39 is 14.2 Å². The van der Waals surface area contributed by atoms with Crippen LogP contribution < -0.4 is 4.89 Å². The first-order chi connectivity index (χ1) is 5.16. The molecule has 0 aliphatic carbocycles. The summed E-state index contributed by atoms with van der Waals surface area (Å²) >= 11 is 0. The molecule has 1 atom stereocenters. The number of carbonyl (C=O) groups is 1. The van der Waals surface area contributed by atoms with Crippen molar-refractivity contribution >= 4 is 14.2 Å². The molecule has 0 radical (unpaired) electrons. The third-order valence-electron chi connectivity index (χ3n) is 0.756. The molecule has 0 aromatic carbocycles. The summed E-state index contributed by atoms with van der Waals surface area (Å²) in [5, 5.41) is 0. The van der Waals surface area contributed by atoms with Crippen molar-refractivity contribution in [2.24, 2.45) is 0 Å². The Hall–Kier alpha value is -0.670. The van der Waals surface area contributed by atoms with Gasteiger partial charge in [0.05, 0.1) is 6.61 Å². The quantitative estimate of drug-likeness (QED) is 0.458. The van der Waals surface area contributed by atoms with E-state index in [-0.39, 0.29) is 19.4 Å². The highest BCUT2D eigenvalue weighted by Crippen LogP contribution is 2.04. The molecule has 0 rings (SSSR count). The molecule has 0 aliphatic rings. The Morgan fingerprint density at radius 3 is 2.64 bits per heavy atom. The highest BCUT2D eigenvalue weighted by molar-refractivity contribution is 7.36. The molecule has 0 amide bonds. The summed E-state index contributed by atoms with van der Waals surface area (Å²) in [5.74, 6) is 0. The van der Waals surface area contributed by atoms with E-state index in [2.05, 4.69) is 9.47 Å². The first kappa shape index (κ1) is 10.3. The molecule has 64 valence electrons. The van der Waals surface area contributed by atoms with E-state index in [0.717, 1.165) is 0 Å². The molecule has 11 heavy (non-hydrogen) atoms. The first-order valence-corrected chi connectivity index (χ1v) is 4.44. The second-order valence-electron chi connectivity index (χ2n) is 1.59. The lowest BCUT2D eigenvalue weighted by atomic mass is 10.8. The minimum Gasteiger partial charge on any atom is -0.595 e. The fourth-order valence-electron chi connectivity index (χ4n) is 0.363. The summed E-state index contributed by atoms with van der Waals surface area (Å²) in [5.41, 5.74) is 0. The van der Waals surface area contributed by atoms with Gasteiger partial charge in [0.25, 0.3) is 0 Å². The van der Waals surface area contributed by atoms with Crippen LogP contribution >= 0.6 is 8.03 Å². The van der Waals surface area contributed by atoms with Gasteiger partial charge in [-0.3, -0.25) is 0 Å². The lowest BCUT2D eigenvalue weighted by Gasteiger charge is -2.00. The highest BCUT2D eigenvalue weighted by atomic mass is 31.1. The Balaban J connectivity index is 3.24. The average Bonchev–Trinajstić information content (AvgIpc) is 1.87.